The maximum absolute atomic E-state index is 5.83. The lowest BCUT2D eigenvalue weighted by molar-refractivity contribution is 0.347. The third-order valence-corrected chi connectivity index (χ3v) is 5.37. The SMILES string of the molecule is CCCCCCCCCCCC1OC1CCCCCCCCC. The third-order valence-electron chi connectivity index (χ3n) is 5.37. The van der Waals surface area contributed by atoms with Crippen LogP contribution in [0.2, 0.25) is 0 Å². The Morgan fingerprint density at radius 3 is 1.09 bits per heavy atom. The van der Waals surface area contributed by atoms with Gasteiger partial charge in [-0.05, 0) is 12.8 Å². The first kappa shape index (κ1) is 21.0. The Balaban J connectivity index is 1.72. The molecular weight excluding hydrogens is 280 g/mol. The molecule has 138 valence electrons. The lowest BCUT2D eigenvalue weighted by Crippen LogP contribution is -1.94. The summed E-state index contributed by atoms with van der Waals surface area (Å²) in [5, 5.41) is 0. The van der Waals surface area contributed by atoms with Crippen molar-refractivity contribution >= 4 is 0 Å². The van der Waals surface area contributed by atoms with Gasteiger partial charge in [-0.25, -0.2) is 0 Å². The lowest BCUT2D eigenvalue weighted by Gasteiger charge is -2.01. The van der Waals surface area contributed by atoms with Gasteiger partial charge in [0.05, 0.1) is 12.2 Å². The van der Waals surface area contributed by atoms with E-state index in [9.17, 15) is 0 Å². The van der Waals surface area contributed by atoms with Gasteiger partial charge in [-0.3, -0.25) is 0 Å². The molecule has 1 aliphatic heterocycles. The van der Waals surface area contributed by atoms with Gasteiger partial charge >= 0.3 is 0 Å². The molecule has 0 amide bonds. The van der Waals surface area contributed by atoms with Gasteiger partial charge in [0.15, 0.2) is 0 Å². The van der Waals surface area contributed by atoms with Crippen molar-refractivity contribution in [2.24, 2.45) is 0 Å². The van der Waals surface area contributed by atoms with Gasteiger partial charge in [0, 0.05) is 0 Å². The van der Waals surface area contributed by atoms with E-state index in [0.717, 1.165) is 0 Å². The topological polar surface area (TPSA) is 12.5 Å². The molecule has 0 aromatic rings. The molecule has 2 atom stereocenters. The summed E-state index contributed by atoms with van der Waals surface area (Å²) < 4.78 is 5.83. The maximum atomic E-state index is 5.83. The van der Waals surface area contributed by atoms with Gasteiger partial charge < -0.3 is 4.74 Å². The highest BCUT2D eigenvalue weighted by Crippen LogP contribution is 2.31. The minimum Gasteiger partial charge on any atom is -0.370 e. The van der Waals surface area contributed by atoms with E-state index in [1.165, 1.54) is 116 Å². The molecular formula is C22H44O. The number of rotatable bonds is 18. The Morgan fingerprint density at radius 2 is 0.739 bits per heavy atom. The van der Waals surface area contributed by atoms with E-state index in [0.29, 0.717) is 12.2 Å². The first-order valence-electron chi connectivity index (χ1n) is 11.0. The highest BCUT2D eigenvalue weighted by Gasteiger charge is 2.36. The van der Waals surface area contributed by atoms with Crippen LogP contribution in [-0.4, -0.2) is 12.2 Å². The Hall–Kier alpha value is -0.0400. The second-order valence-corrected chi connectivity index (χ2v) is 7.74. The highest BCUT2D eigenvalue weighted by atomic mass is 16.6. The molecule has 0 aromatic carbocycles. The molecule has 0 aliphatic carbocycles. The van der Waals surface area contributed by atoms with Gasteiger partial charge in [-0.15, -0.1) is 0 Å². The molecule has 1 heteroatoms. The van der Waals surface area contributed by atoms with E-state index in [1.54, 1.807) is 0 Å². The average Bonchev–Trinajstić information content (AvgIpc) is 3.31. The minimum absolute atomic E-state index is 0.639. The molecule has 1 rings (SSSR count). The van der Waals surface area contributed by atoms with Crippen molar-refractivity contribution < 1.29 is 4.74 Å². The van der Waals surface area contributed by atoms with Crippen molar-refractivity contribution in [1.82, 2.24) is 0 Å². The molecule has 0 aromatic heterocycles. The number of ether oxygens (including phenoxy) is 1. The zero-order valence-electron chi connectivity index (χ0n) is 16.3. The molecule has 0 spiro atoms. The summed E-state index contributed by atoms with van der Waals surface area (Å²) in [6.07, 6.45) is 26.8. The van der Waals surface area contributed by atoms with E-state index < -0.39 is 0 Å². The van der Waals surface area contributed by atoms with Gasteiger partial charge in [0.2, 0.25) is 0 Å². The summed E-state index contributed by atoms with van der Waals surface area (Å²) >= 11 is 0. The molecule has 0 saturated carbocycles. The van der Waals surface area contributed by atoms with Crippen molar-refractivity contribution in [2.75, 3.05) is 0 Å². The van der Waals surface area contributed by atoms with Crippen molar-refractivity contribution in [3.05, 3.63) is 0 Å². The number of unbranched alkanes of at least 4 members (excludes halogenated alkanes) is 14. The van der Waals surface area contributed by atoms with E-state index >= 15 is 0 Å². The van der Waals surface area contributed by atoms with Crippen molar-refractivity contribution in [1.29, 1.82) is 0 Å². The Morgan fingerprint density at radius 1 is 0.435 bits per heavy atom. The standard InChI is InChI=1S/C22H44O/c1-3-5-7-9-11-12-14-16-18-20-22-21(23-22)19-17-15-13-10-8-6-4-2/h21-22H,3-20H2,1-2H3. The quantitative estimate of drug-likeness (QED) is 0.185. The summed E-state index contributed by atoms with van der Waals surface area (Å²) in [6.45, 7) is 4.58. The zero-order chi connectivity index (χ0) is 16.6. The second-order valence-electron chi connectivity index (χ2n) is 7.74. The van der Waals surface area contributed by atoms with Crippen LogP contribution in [0.4, 0.5) is 0 Å². The van der Waals surface area contributed by atoms with Gasteiger partial charge in [-0.2, -0.15) is 0 Å². The maximum Gasteiger partial charge on any atom is 0.0841 e. The van der Waals surface area contributed by atoms with E-state index in [1.807, 2.05) is 0 Å². The molecule has 1 fully saturated rings. The minimum atomic E-state index is 0.639. The molecule has 1 saturated heterocycles. The molecule has 0 N–H and O–H groups in total. The van der Waals surface area contributed by atoms with Crippen LogP contribution >= 0.6 is 0 Å². The summed E-state index contributed by atoms with van der Waals surface area (Å²) in [5.74, 6) is 0. The van der Waals surface area contributed by atoms with Crippen molar-refractivity contribution in [2.45, 2.75) is 142 Å². The van der Waals surface area contributed by atoms with Crippen molar-refractivity contribution in [3.8, 4) is 0 Å². The van der Waals surface area contributed by atoms with Gasteiger partial charge in [-0.1, -0.05) is 117 Å². The van der Waals surface area contributed by atoms with E-state index in [2.05, 4.69) is 13.8 Å². The summed E-state index contributed by atoms with van der Waals surface area (Å²) in [7, 11) is 0. The first-order chi connectivity index (χ1) is 11.4. The Labute approximate surface area is 147 Å². The summed E-state index contributed by atoms with van der Waals surface area (Å²) in [5.41, 5.74) is 0. The largest absolute Gasteiger partial charge is 0.370 e. The number of hydrogen-bond acceptors (Lipinski definition) is 1. The normalized spacial score (nSPS) is 20.1. The van der Waals surface area contributed by atoms with Crippen LogP contribution in [0.25, 0.3) is 0 Å². The Bertz CT molecular complexity index is 238. The number of hydrogen-bond donors (Lipinski definition) is 0. The summed E-state index contributed by atoms with van der Waals surface area (Å²) in [6, 6.07) is 0. The monoisotopic (exact) mass is 324 g/mol. The first-order valence-corrected chi connectivity index (χ1v) is 11.0. The average molecular weight is 325 g/mol. The van der Waals surface area contributed by atoms with Crippen LogP contribution in [-0.2, 0) is 4.74 Å². The van der Waals surface area contributed by atoms with Gasteiger partial charge in [0.25, 0.3) is 0 Å². The van der Waals surface area contributed by atoms with Crippen LogP contribution < -0.4 is 0 Å². The molecule has 1 heterocycles. The second kappa shape index (κ2) is 15.5. The molecule has 1 nitrogen and oxygen atoms in total. The summed E-state index contributed by atoms with van der Waals surface area (Å²) in [4.78, 5) is 0. The predicted octanol–water partition coefficient (Wildman–Crippen LogP) is 7.82. The molecule has 1 aliphatic rings. The molecule has 0 bridgehead atoms. The smallest absolute Gasteiger partial charge is 0.0841 e. The van der Waals surface area contributed by atoms with Crippen molar-refractivity contribution in [3.63, 3.8) is 0 Å². The zero-order valence-corrected chi connectivity index (χ0v) is 16.3. The molecule has 2 unspecified atom stereocenters. The predicted molar refractivity (Wildman–Crippen MR) is 103 cm³/mol. The molecule has 23 heavy (non-hydrogen) atoms. The van der Waals surface area contributed by atoms with Crippen LogP contribution in [0.5, 0.6) is 0 Å². The van der Waals surface area contributed by atoms with Gasteiger partial charge in [0.1, 0.15) is 0 Å². The van der Waals surface area contributed by atoms with Crippen LogP contribution in [0.1, 0.15) is 129 Å². The number of epoxide rings is 1. The van der Waals surface area contributed by atoms with Crippen LogP contribution in [0.15, 0.2) is 0 Å². The fraction of sp³-hybridized carbons (Fsp3) is 1.00. The fourth-order valence-electron chi connectivity index (χ4n) is 3.65. The Kier molecular flexibility index (Phi) is 14.1. The van der Waals surface area contributed by atoms with Crippen LogP contribution in [0.3, 0.4) is 0 Å². The third kappa shape index (κ3) is 13.0. The van der Waals surface area contributed by atoms with E-state index in [-0.39, 0.29) is 0 Å². The van der Waals surface area contributed by atoms with E-state index in [4.69, 9.17) is 4.74 Å². The fourth-order valence-corrected chi connectivity index (χ4v) is 3.65. The lowest BCUT2D eigenvalue weighted by atomic mass is 10.0. The molecule has 0 radical (unpaired) electrons. The highest BCUT2D eigenvalue weighted by molar-refractivity contribution is 4.84. The van der Waals surface area contributed by atoms with Crippen LogP contribution in [0, 0.1) is 0 Å².